The van der Waals surface area contributed by atoms with Gasteiger partial charge in [0, 0.05) is 11.1 Å². The number of ketones is 1. The Morgan fingerprint density at radius 3 is 2.55 bits per heavy atom. The average Bonchev–Trinajstić information content (AvgIpc) is 2.48. The van der Waals surface area contributed by atoms with Crippen LogP contribution in [0.4, 0.5) is 0 Å². The quantitative estimate of drug-likeness (QED) is 0.760. The van der Waals surface area contributed by atoms with Gasteiger partial charge in [-0.15, -0.1) is 0 Å². The van der Waals surface area contributed by atoms with Gasteiger partial charge in [0.15, 0.2) is 5.78 Å². The highest BCUT2D eigenvalue weighted by atomic mass is 16.5. The van der Waals surface area contributed by atoms with Crippen molar-refractivity contribution >= 4 is 5.78 Å². The number of hydrogen-bond acceptors (Lipinski definition) is 2. The molecule has 2 rings (SSSR count). The van der Waals surface area contributed by atoms with Gasteiger partial charge in [-0.1, -0.05) is 43.7 Å². The van der Waals surface area contributed by atoms with E-state index in [1.165, 1.54) is 5.56 Å². The highest BCUT2D eigenvalue weighted by molar-refractivity contribution is 6.09. The normalized spacial score (nSPS) is 10.3. The predicted octanol–water partition coefficient (Wildman–Crippen LogP) is 4.19. The number of rotatable bonds is 5. The molecule has 0 aliphatic heterocycles. The molecule has 0 aliphatic rings. The van der Waals surface area contributed by atoms with E-state index in [2.05, 4.69) is 13.0 Å². The van der Waals surface area contributed by atoms with Crippen LogP contribution in [0, 0.1) is 6.92 Å². The molecule has 0 spiro atoms. The maximum atomic E-state index is 12.5. The van der Waals surface area contributed by atoms with Crippen LogP contribution in [0.1, 0.15) is 40.4 Å². The summed E-state index contributed by atoms with van der Waals surface area (Å²) in [5, 5.41) is 0. The van der Waals surface area contributed by atoms with Gasteiger partial charge in [-0.3, -0.25) is 4.79 Å². The van der Waals surface area contributed by atoms with Crippen LogP contribution in [-0.4, -0.2) is 12.9 Å². The number of carbonyl (C=O) groups excluding carboxylic acids is 1. The smallest absolute Gasteiger partial charge is 0.193 e. The van der Waals surface area contributed by atoms with E-state index in [1.54, 1.807) is 7.11 Å². The van der Waals surface area contributed by atoms with E-state index < -0.39 is 0 Å². The van der Waals surface area contributed by atoms with Crippen LogP contribution in [0.25, 0.3) is 0 Å². The van der Waals surface area contributed by atoms with Crippen LogP contribution in [0.15, 0.2) is 42.5 Å². The number of ether oxygens (including phenoxy) is 1. The lowest BCUT2D eigenvalue weighted by Crippen LogP contribution is -2.03. The van der Waals surface area contributed by atoms with Crippen molar-refractivity contribution in [2.75, 3.05) is 7.11 Å². The molecule has 104 valence electrons. The second-order valence-electron chi connectivity index (χ2n) is 4.96. The van der Waals surface area contributed by atoms with Gasteiger partial charge in [0.05, 0.1) is 7.11 Å². The molecule has 0 unspecified atom stereocenters. The Kier molecular flexibility index (Phi) is 4.57. The average molecular weight is 268 g/mol. The van der Waals surface area contributed by atoms with Crippen molar-refractivity contribution in [2.24, 2.45) is 0 Å². The monoisotopic (exact) mass is 268 g/mol. The Labute approximate surface area is 120 Å². The third kappa shape index (κ3) is 3.08. The molecule has 0 N–H and O–H groups in total. The summed E-state index contributed by atoms with van der Waals surface area (Å²) in [5.41, 5.74) is 3.64. The maximum Gasteiger partial charge on any atom is 0.193 e. The van der Waals surface area contributed by atoms with Crippen LogP contribution < -0.4 is 4.74 Å². The first-order valence-electron chi connectivity index (χ1n) is 6.94. The fourth-order valence-corrected chi connectivity index (χ4v) is 2.28. The van der Waals surface area contributed by atoms with Gasteiger partial charge in [-0.05, 0) is 36.6 Å². The standard InChI is InChI=1S/C18H20O2/c1-4-6-14-7-5-8-15(11-14)18(19)16-10-9-13(2)17(12-16)20-3/h5,7-12H,4,6H2,1-3H3. The van der Waals surface area contributed by atoms with Gasteiger partial charge in [0.2, 0.25) is 0 Å². The van der Waals surface area contributed by atoms with Crippen LogP contribution in [0.3, 0.4) is 0 Å². The zero-order chi connectivity index (χ0) is 14.5. The van der Waals surface area contributed by atoms with Crippen LogP contribution in [0.5, 0.6) is 5.75 Å². The number of carbonyl (C=O) groups is 1. The molecule has 0 fully saturated rings. The molecular weight excluding hydrogens is 248 g/mol. The van der Waals surface area contributed by atoms with Crippen molar-refractivity contribution < 1.29 is 9.53 Å². The van der Waals surface area contributed by atoms with E-state index in [0.29, 0.717) is 5.56 Å². The minimum Gasteiger partial charge on any atom is -0.496 e. The molecule has 2 heteroatoms. The molecule has 20 heavy (non-hydrogen) atoms. The fraction of sp³-hybridized carbons (Fsp3) is 0.278. The Morgan fingerprint density at radius 2 is 1.85 bits per heavy atom. The summed E-state index contributed by atoms with van der Waals surface area (Å²) >= 11 is 0. The number of aryl methyl sites for hydroxylation is 2. The van der Waals surface area contributed by atoms with Crippen LogP contribution in [0.2, 0.25) is 0 Å². The van der Waals surface area contributed by atoms with Crippen molar-refractivity contribution in [3.8, 4) is 5.75 Å². The lowest BCUT2D eigenvalue weighted by molar-refractivity contribution is 0.103. The molecule has 0 saturated carbocycles. The van der Waals surface area contributed by atoms with Gasteiger partial charge < -0.3 is 4.74 Å². The van der Waals surface area contributed by atoms with Gasteiger partial charge in [-0.25, -0.2) is 0 Å². The molecule has 0 aliphatic carbocycles. The first-order chi connectivity index (χ1) is 9.65. The molecule has 0 saturated heterocycles. The summed E-state index contributed by atoms with van der Waals surface area (Å²) in [5.74, 6) is 0.793. The number of hydrogen-bond donors (Lipinski definition) is 0. The van der Waals surface area contributed by atoms with E-state index in [4.69, 9.17) is 4.74 Å². The lowest BCUT2D eigenvalue weighted by Gasteiger charge is -2.08. The van der Waals surface area contributed by atoms with Gasteiger partial charge in [0.1, 0.15) is 5.75 Å². The van der Waals surface area contributed by atoms with Crippen molar-refractivity contribution in [2.45, 2.75) is 26.7 Å². The SMILES string of the molecule is CCCc1cccc(C(=O)c2ccc(C)c(OC)c2)c1. The van der Waals surface area contributed by atoms with Crippen molar-refractivity contribution in [1.82, 2.24) is 0 Å². The van der Waals surface area contributed by atoms with Gasteiger partial charge >= 0.3 is 0 Å². The predicted molar refractivity (Wildman–Crippen MR) is 81.6 cm³/mol. The van der Waals surface area contributed by atoms with E-state index >= 15 is 0 Å². The Morgan fingerprint density at radius 1 is 1.10 bits per heavy atom. The second kappa shape index (κ2) is 6.38. The molecule has 0 atom stereocenters. The van der Waals surface area contributed by atoms with E-state index in [9.17, 15) is 4.79 Å². The summed E-state index contributed by atoms with van der Waals surface area (Å²) in [6, 6.07) is 13.4. The van der Waals surface area contributed by atoms with E-state index in [-0.39, 0.29) is 5.78 Å². The highest BCUT2D eigenvalue weighted by Crippen LogP contribution is 2.21. The summed E-state index contributed by atoms with van der Waals surface area (Å²) in [6.45, 7) is 4.11. The molecule has 2 aromatic carbocycles. The Bertz CT molecular complexity index is 615. The van der Waals surface area contributed by atoms with Crippen LogP contribution in [-0.2, 0) is 6.42 Å². The molecule has 0 amide bonds. The van der Waals surface area contributed by atoms with Gasteiger partial charge in [-0.2, -0.15) is 0 Å². The maximum absolute atomic E-state index is 12.5. The second-order valence-corrected chi connectivity index (χ2v) is 4.96. The molecule has 0 radical (unpaired) electrons. The minimum atomic E-state index is 0.0428. The minimum absolute atomic E-state index is 0.0428. The number of methoxy groups -OCH3 is 1. The van der Waals surface area contributed by atoms with Crippen molar-refractivity contribution in [1.29, 1.82) is 0 Å². The van der Waals surface area contributed by atoms with Crippen molar-refractivity contribution in [3.63, 3.8) is 0 Å². The van der Waals surface area contributed by atoms with Crippen molar-refractivity contribution in [3.05, 3.63) is 64.7 Å². The summed E-state index contributed by atoms with van der Waals surface area (Å²) in [6.07, 6.45) is 2.08. The van der Waals surface area contributed by atoms with E-state index in [1.807, 2.05) is 43.3 Å². The van der Waals surface area contributed by atoms with E-state index in [0.717, 1.165) is 29.7 Å². The lowest BCUT2D eigenvalue weighted by atomic mass is 9.99. The largest absolute Gasteiger partial charge is 0.496 e. The summed E-state index contributed by atoms with van der Waals surface area (Å²) in [4.78, 5) is 12.5. The molecule has 0 heterocycles. The Balaban J connectivity index is 2.33. The Hall–Kier alpha value is -2.09. The first kappa shape index (κ1) is 14.3. The first-order valence-corrected chi connectivity index (χ1v) is 6.94. The topological polar surface area (TPSA) is 26.3 Å². The third-order valence-corrected chi connectivity index (χ3v) is 3.40. The van der Waals surface area contributed by atoms with Crippen LogP contribution >= 0.6 is 0 Å². The third-order valence-electron chi connectivity index (χ3n) is 3.40. The summed E-state index contributed by atoms with van der Waals surface area (Å²) in [7, 11) is 1.62. The fourth-order valence-electron chi connectivity index (χ4n) is 2.28. The summed E-state index contributed by atoms with van der Waals surface area (Å²) < 4.78 is 5.28. The molecule has 2 aromatic rings. The van der Waals surface area contributed by atoms with Gasteiger partial charge in [0.25, 0.3) is 0 Å². The molecule has 0 bridgehead atoms. The number of benzene rings is 2. The molecule has 2 nitrogen and oxygen atoms in total. The molecular formula is C18H20O2. The molecule has 0 aromatic heterocycles. The zero-order valence-electron chi connectivity index (χ0n) is 12.3. The zero-order valence-corrected chi connectivity index (χ0v) is 12.3. The highest BCUT2D eigenvalue weighted by Gasteiger charge is 2.11.